The highest BCUT2D eigenvalue weighted by Gasteiger charge is 2.21. The van der Waals surface area contributed by atoms with Crippen molar-refractivity contribution >= 4 is 23.2 Å². The maximum atomic E-state index is 14.0. The van der Waals surface area contributed by atoms with Crippen LogP contribution in [-0.4, -0.2) is 24.9 Å². The Hall–Kier alpha value is -2.73. The van der Waals surface area contributed by atoms with Gasteiger partial charge in [-0.05, 0) is 49.7 Å². The van der Waals surface area contributed by atoms with Gasteiger partial charge >= 0.3 is 0 Å². The molecule has 0 aromatic heterocycles. The first kappa shape index (κ1) is 18.1. The highest BCUT2D eigenvalue weighted by atomic mass is 19.1. The van der Waals surface area contributed by atoms with Gasteiger partial charge in [-0.15, -0.1) is 0 Å². The van der Waals surface area contributed by atoms with Gasteiger partial charge in [0.2, 0.25) is 11.8 Å². The summed E-state index contributed by atoms with van der Waals surface area (Å²) in [5.41, 5.74) is 1.39. The van der Waals surface area contributed by atoms with Crippen molar-refractivity contribution in [1.29, 1.82) is 0 Å². The lowest BCUT2D eigenvalue weighted by Gasteiger charge is -2.22. The van der Waals surface area contributed by atoms with Gasteiger partial charge in [0.15, 0.2) is 0 Å². The maximum absolute atomic E-state index is 14.0. The van der Waals surface area contributed by atoms with E-state index in [2.05, 4.69) is 16.0 Å². The van der Waals surface area contributed by atoms with Gasteiger partial charge in [-0.2, -0.15) is 0 Å². The fraction of sp³-hybridized carbons (Fsp3) is 0.300. The summed E-state index contributed by atoms with van der Waals surface area (Å²) in [7, 11) is 0. The highest BCUT2D eigenvalue weighted by Crippen LogP contribution is 2.22. The third-order valence-corrected chi connectivity index (χ3v) is 4.43. The molecule has 2 aromatic carbocycles. The highest BCUT2D eigenvalue weighted by molar-refractivity contribution is 5.95. The average molecular weight is 355 g/mol. The minimum Gasteiger partial charge on any atom is -0.326 e. The molecule has 0 bridgehead atoms. The Morgan fingerprint density at radius 3 is 2.50 bits per heavy atom. The molecular formula is C20H22FN3O2. The van der Waals surface area contributed by atoms with Crippen molar-refractivity contribution in [3.8, 4) is 0 Å². The molecule has 2 amide bonds. The molecule has 1 aliphatic rings. The van der Waals surface area contributed by atoms with Gasteiger partial charge in [-0.3, -0.25) is 9.59 Å². The zero-order valence-electron chi connectivity index (χ0n) is 14.4. The summed E-state index contributed by atoms with van der Waals surface area (Å²) in [5.74, 6) is -0.958. The molecule has 1 heterocycles. The normalized spacial score (nSPS) is 14.7. The second-order valence-electron chi connectivity index (χ2n) is 6.42. The van der Waals surface area contributed by atoms with Crippen LogP contribution in [-0.2, 0) is 16.0 Å². The second-order valence-corrected chi connectivity index (χ2v) is 6.42. The summed E-state index contributed by atoms with van der Waals surface area (Å²) in [6.45, 7) is 1.64. The van der Waals surface area contributed by atoms with Crippen molar-refractivity contribution in [1.82, 2.24) is 5.32 Å². The van der Waals surface area contributed by atoms with Crippen LogP contribution < -0.4 is 16.0 Å². The second kappa shape index (κ2) is 8.58. The quantitative estimate of drug-likeness (QED) is 0.772. The fourth-order valence-electron chi connectivity index (χ4n) is 3.00. The minimum absolute atomic E-state index is 0.0441. The van der Waals surface area contributed by atoms with Crippen molar-refractivity contribution in [2.75, 3.05) is 23.7 Å². The summed E-state index contributed by atoms with van der Waals surface area (Å²) in [6, 6.07) is 13.4. The Morgan fingerprint density at radius 2 is 1.77 bits per heavy atom. The van der Waals surface area contributed by atoms with Crippen LogP contribution in [0.2, 0.25) is 0 Å². The smallest absolute Gasteiger partial charge is 0.228 e. The maximum Gasteiger partial charge on any atom is 0.228 e. The van der Waals surface area contributed by atoms with Crippen LogP contribution >= 0.6 is 0 Å². The molecule has 3 rings (SSSR count). The SMILES string of the molecule is O=C(Cc1ccccc1)Nc1cc(NC(=O)C2CCNCC2)ccc1F. The van der Waals surface area contributed by atoms with E-state index in [1.54, 1.807) is 0 Å². The van der Waals surface area contributed by atoms with Crippen molar-refractivity contribution in [2.45, 2.75) is 19.3 Å². The Labute approximate surface area is 152 Å². The van der Waals surface area contributed by atoms with Crippen LogP contribution in [0, 0.1) is 11.7 Å². The fourth-order valence-corrected chi connectivity index (χ4v) is 3.00. The minimum atomic E-state index is -0.536. The first-order chi connectivity index (χ1) is 12.6. The average Bonchev–Trinajstić information content (AvgIpc) is 2.66. The lowest BCUT2D eigenvalue weighted by molar-refractivity contribution is -0.120. The molecule has 1 fully saturated rings. The van der Waals surface area contributed by atoms with E-state index in [1.807, 2.05) is 30.3 Å². The topological polar surface area (TPSA) is 70.2 Å². The van der Waals surface area contributed by atoms with Crippen LogP contribution in [0.25, 0.3) is 0 Å². The number of benzene rings is 2. The van der Waals surface area contributed by atoms with E-state index in [1.165, 1.54) is 18.2 Å². The Morgan fingerprint density at radius 1 is 1.04 bits per heavy atom. The lowest BCUT2D eigenvalue weighted by Crippen LogP contribution is -2.34. The molecule has 6 heteroatoms. The monoisotopic (exact) mass is 355 g/mol. The first-order valence-corrected chi connectivity index (χ1v) is 8.77. The molecule has 3 N–H and O–H groups in total. The molecule has 0 saturated carbocycles. The molecule has 0 unspecified atom stereocenters. The van der Waals surface area contributed by atoms with Gasteiger partial charge < -0.3 is 16.0 Å². The van der Waals surface area contributed by atoms with Crippen LogP contribution in [0.1, 0.15) is 18.4 Å². The van der Waals surface area contributed by atoms with E-state index >= 15 is 0 Å². The Kier molecular flexibility index (Phi) is 5.96. The van der Waals surface area contributed by atoms with Crippen LogP contribution in [0.15, 0.2) is 48.5 Å². The van der Waals surface area contributed by atoms with Gasteiger partial charge in [-0.1, -0.05) is 30.3 Å². The molecule has 1 saturated heterocycles. The van der Waals surface area contributed by atoms with E-state index in [9.17, 15) is 14.0 Å². The molecule has 0 radical (unpaired) electrons. The number of hydrogen-bond acceptors (Lipinski definition) is 3. The van der Waals surface area contributed by atoms with Crippen molar-refractivity contribution in [3.05, 3.63) is 59.9 Å². The molecule has 0 aliphatic carbocycles. The molecule has 5 nitrogen and oxygen atoms in total. The van der Waals surface area contributed by atoms with E-state index in [-0.39, 0.29) is 29.8 Å². The van der Waals surface area contributed by atoms with Crippen molar-refractivity contribution < 1.29 is 14.0 Å². The van der Waals surface area contributed by atoms with Gasteiger partial charge in [0.05, 0.1) is 12.1 Å². The summed E-state index contributed by atoms with van der Waals surface area (Å²) >= 11 is 0. The third-order valence-electron chi connectivity index (χ3n) is 4.43. The van der Waals surface area contributed by atoms with E-state index in [4.69, 9.17) is 0 Å². The summed E-state index contributed by atoms with van der Waals surface area (Å²) < 4.78 is 14.0. The number of amides is 2. The molecule has 0 spiro atoms. The Bertz CT molecular complexity index is 774. The number of anilines is 2. The first-order valence-electron chi connectivity index (χ1n) is 8.77. The Balaban J connectivity index is 1.63. The predicted octanol–water partition coefficient (Wildman–Crippen LogP) is 2.95. The van der Waals surface area contributed by atoms with Crippen LogP contribution in [0.5, 0.6) is 0 Å². The summed E-state index contributed by atoms with van der Waals surface area (Å²) in [6.07, 6.45) is 1.73. The molecule has 2 aromatic rings. The predicted molar refractivity (Wildman–Crippen MR) is 99.4 cm³/mol. The number of rotatable bonds is 5. The van der Waals surface area contributed by atoms with Crippen molar-refractivity contribution in [3.63, 3.8) is 0 Å². The number of hydrogen-bond donors (Lipinski definition) is 3. The number of halogens is 1. The standard InChI is InChI=1S/C20H22FN3O2/c21-17-7-6-16(23-20(26)15-8-10-22-11-9-15)13-18(17)24-19(25)12-14-4-2-1-3-5-14/h1-7,13,15,22H,8-12H2,(H,23,26)(H,24,25). The van der Waals surface area contributed by atoms with E-state index in [0.29, 0.717) is 5.69 Å². The largest absolute Gasteiger partial charge is 0.326 e. The zero-order chi connectivity index (χ0) is 18.4. The number of carbonyl (C=O) groups excluding carboxylic acids is 2. The van der Waals surface area contributed by atoms with Crippen molar-refractivity contribution in [2.24, 2.45) is 5.92 Å². The number of nitrogens with one attached hydrogen (secondary N) is 3. The zero-order valence-corrected chi connectivity index (χ0v) is 14.4. The van der Waals surface area contributed by atoms with E-state index in [0.717, 1.165) is 31.5 Å². The van der Waals surface area contributed by atoms with Gasteiger partial charge in [-0.25, -0.2) is 4.39 Å². The summed E-state index contributed by atoms with van der Waals surface area (Å²) in [4.78, 5) is 24.4. The molecule has 136 valence electrons. The third kappa shape index (κ3) is 4.89. The van der Waals surface area contributed by atoms with E-state index < -0.39 is 5.82 Å². The molecular weight excluding hydrogens is 333 g/mol. The molecule has 0 atom stereocenters. The lowest BCUT2D eigenvalue weighted by atomic mass is 9.97. The number of piperidine rings is 1. The van der Waals surface area contributed by atoms with Gasteiger partial charge in [0.25, 0.3) is 0 Å². The summed E-state index contributed by atoms with van der Waals surface area (Å²) in [5, 5.41) is 8.61. The number of carbonyl (C=O) groups is 2. The molecule has 26 heavy (non-hydrogen) atoms. The van der Waals surface area contributed by atoms with Gasteiger partial charge in [0, 0.05) is 11.6 Å². The van der Waals surface area contributed by atoms with Gasteiger partial charge in [0.1, 0.15) is 5.82 Å². The van der Waals surface area contributed by atoms with Crippen LogP contribution in [0.3, 0.4) is 0 Å². The molecule has 1 aliphatic heterocycles. The van der Waals surface area contributed by atoms with Crippen LogP contribution in [0.4, 0.5) is 15.8 Å².